The van der Waals surface area contributed by atoms with E-state index in [1.165, 1.54) is 0 Å². The highest BCUT2D eigenvalue weighted by Gasteiger charge is 2.34. The van der Waals surface area contributed by atoms with Gasteiger partial charge in [0.1, 0.15) is 5.70 Å². The first-order chi connectivity index (χ1) is 12.0. The second kappa shape index (κ2) is 7.26. The number of hydrogen-bond acceptors (Lipinski definition) is 1. The van der Waals surface area contributed by atoms with Crippen molar-refractivity contribution in [2.45, 2.75) is 6.18 Å². The Balaban J connectivity index is 2.01. The smallest absolute Gasteiger partial charge is 0.351 e. The Morgan fingerprint density at radius 3 is 1.92 bits per heavy atom. The molecule has 0 amide bonds. The molecule has 0 spiro atoms. The lowest BCUT2D eigenvalue weighted by atomic mass is 10.0. The molecule has 1 N–H and O–H groups in total. The van der Waals surface area contributed by atoms with Crippen LogP contribution in [0.4, 0.5) is 18.9 Å². The molecule has 4 heteroatoms. The molecule has 0 aliphatic carbocycles. The van der Waals surface area contributed by atoms with Gasteiger partial charge in [-0.3, -0.25) is 0 Å². The predicted octanol–water partition coefficient (Wildman–Crippen LogP) is 6.37. The summed E-state index contributed by atoms with van der Waals surface area (Å²) in [5.41, 5.74) is 1.66. The van der Waals surface area contributed by atoms with Crippen LogP contribution in [0.15, 0.2) is 90.6 Å². The molecule has 0 aromatic heterocycles. The predicted molar refractivity (Wildman–Crippen MR) is 96.0 cm³/mol. The zero-order valence-corrected chi connectivity index (χ0v) is 13.3. The zero-order valence-electron chi connectivity index (χ0n) is 13.3. The van der Waals surface area contributed by atoms with Gasteiger partial charge in [-0.2, -0.15) is 13.2 Å². The lowest BCUT2D eigenvalue weighted by Gasteiger charge is -2.17. The van der Waals surface area contributed by atoms with Gasteiger partial charge < -0.3 is 5.32 Å². The zero-order chi connectivity index (χ0) is 17.7. The molecule has 0 fully saturated rings. The Hall–Kier alpha value is -3.01. The van der Waals surface area contributed by atoms with Crippen LogP contribution < -0.4 is 5.32 Å². The van der Waals surface area contributed by atoms with Crippen molar-refractivity contribution in [3.05, 3.63) is 96.2 Å². The van der Waals surface area contributed by atoms with Gasteiger partial charge in [-0.15, -0.1) is 0 Å². The van der Waals surface area contributed by atoms with Gasteiger partial charge in [0.25, 0.3) is 0 Å². The molecule has 25 heavy (non-hydrogen) atoms. The lowest BCUT2D eigenvalue weighted by molar-refractivity contribution is -0.0893. The number of nitrogens with one attached hydrogen (secondary N) is 1. The van der Waals surface area contributed by atoms with E-state index in [4.69, 9.17) is 0 Å². The topological polar surface area (TPSA) is 12.0 Å². The summed E-state index contributed by atoms with van der Waals surface area (Å²) in [7, 11) is 0. The van der Waals surface area contributed by atoms with Crippen molar-refractivity contribution in [2.75, 3.05) is 5.32 Å². The summed E-state index contributed by atoms with van der Waals surface area (Å²) < 4.78 is 40.5. The number of rotatable bonds is 4. The van der Waals surface area contributed by atoms with Crippen molar-refractivity contribution in [1.29, 1.82) is 0 Å². The molecular weight excluding hydrogens is 323 g/mol. The van der Waals surface area contributed by atoms with E-state index in [9.17, 15) is 13.2 Å². The molecule has 0 radical (unpaired) electrons. The summed E-state index contributed by atoms with van der Waals surface area (Å²) in [6.45, 7) is 0. The molecule has 3 aromatic carbocycles. The average molecular weight is 339 g/mol. The molecule has 3 rings (SSSR count). The van der Waals surface area contributed by atoms with Gasteiger partial charge >= 0.3 is 6.18 Å². The van der Waals surface area contributed by atoms with Gasteiger partial charge in [0.15, 0.2) is 0 Å². The highest BCUT2D eigenvalue weighted by molar-refractivity contribution is 5.80. The molecule has 0 heterocycles. The number of anilines is 1. The van der Waals surface area contributed by atoms with Crippen LogP contribution in [-0.4, -0.2) is 6.18 Å². The van der Waals surface area contributed by atoms with E-state index < -0.39 is 11.9 Å². The first-order valence-corrected chi connectivity index (χ1v) is 7.79. The first-order valence-electron chi connectivity index (χ1n) is 7.79. The van der Waals surface area contributed by atoms with Crippen molar-refractivity contribution in [1.82, 2.24) is 0 Å². The molecule has 0 aliphatic rings. The summed E-state index contributed by atoms with van der Waals surface area (Å²) in [5.74, 6) is 0. The average Bonchev–Trinajstić information content (AvgIpc) is 2.62. The van der Waals surface area contributed by atoms with E-state index in [1.807, 2.05) is 36.4 Å². The minimum Gasteiger partial charge on any atom is -0.351 e. The van der Waals surface area contributed by atoms with Crippen LogP contribution >= 0.6 is 0 Å². The summed E-state index contributed by atoms with van der Waals surface area (Å²) in [4.78, 5) is 0. The van der Waals surface area contributed by atoms with Gasteiger partial charge in [0.05, 0.1) is 0 Å². The normalized spacial score (nSPS) is 12.0. The second-order valence-corrected chi connectivity index (χ2v) is 5.50. The summed E-state index contributed by atoms with van der Waals surface area (Å²) in [6, 6.07) is 24.7. The van der Waals surface area contributed by atoms with E-state index in [0.29, 0.717) is 16.8 Å². The Morgan fingerprint density at radius 1 is 0.720 bits per heavy atom. The molecule has 0 saturated heterocycles. The van der Waals surface area contributed by atoms with Crippen molar-refractivity contribution >= 4 is 11.8 Å². The fourth-order valence-corrected chi connectivity index (χ4v) is 2.51. The van der Waals surface area contributed by atoms with Crippen molar-refractivity contribution in [3.8, 4) is 11.1 Å². The molecule has 0 aliphatic heterocycles. The number of allylic oxidation sites excluding steroid dienone is 1. The van der Waals surface area contributed by atoms with Gasteiger partial charge in [0, 0.05) is 11.3 Å². The monoisotopic (exact) mass is 339 g/mol. The molecule has 3 aromatic rings. The number of benzene rings is 3. The van der Waals surface area contributed by atoms with Gasteiger partial charge in [-0.1, -0.05) is 78.9 Å². The first kappa shape index (κ1) is 16.8. The maximum atomic E-state index is 13.5. The van der Waals surface area contributed by atoms with E-state index in [-0.39, 0.29) is 0 Å². The maximum Gasteiger partial charge on any atom is 0.431 e. The van der Waals surface area contributed by atoms with Crippen molar-refractivity contribution in [2.24, 2.45) is 0 Å². The second-order valence-electron chi connectivity index (χ2n) is 5.50. The summed E-state index contributed by atoms with van der Waals surface area (Å²) in [6.07, 6.45) is -3.37. The number of para-hydroxylation sites is 1. The molecular formula is C21H16F3N. The van der Waals surface area contributed by atoms with Crippen molar-refractivity contribution < 1.29 is 13.2 Å². The third-order valence-electron chi connectivity index (χ3n) is 3.70. The van der Waals surface area contributed by atoms with Crippen LogP contribution in [0.3, 0.4) is 0 Å². The fraction of sp³-hybridized carbons (Fsp3) is 0.0476. The van der Waals surface area contributed by atoms with E-state index in [1.54, 1.807) is 48.5 Å². The molecule has 0 atom stereocenters. The van der Waals surface area contributed by atoms with Crippen LogP contribution in [0.1, 0.15) is 5.56 Å². The van der Waals surface area contributed by atoms with Crippen LogP contribution in [0.2, 0.25) is 0 Å². The number of hydrogen-bond donors (Lipinski definition) is 1. The minimum absolute atomic E-state index is 0.410. The van der Waals surface area contributed by atoms with Crippen molar-refractivity contribution in [3.63, 3.8) is 0 Å². The van der Waals surface area contributed by atoms with Gasteiger partial charge in [0.2, 0.25) is 0 Å². The fourth-order valence-electron chi connectivity index (χ4n) is 2.51. The van der Waals surface area contributed by atoms with Gasteiger partial charge in [-0.05, 0) is 23.3 Å². The Labute approximate surface area is 144 Å². The summed E-state index contributed by atoms with van der Waals surface area (Å²) in [5, 5.41) is 2.57. The minimum atomic E-state index is -4.49. The highest BCUT2D eigenvalue weighted by atomic mass is 19.4. The Kier molecular flexibility index (Phi) is 4.89. The molecule has 0 bridgehead atoms. The molecule has 0 unspecified atom stereocenters. The molecule has 0 saturated carbocycles. The Morgan fingerprint density at radius 2 is 1.28 bits per heavy atom. The maximum absolute atomic E-state index is 13.5. The Bertz CT molecular complexity index is 853. The molecule has 126 valence electrons. The van der Waals surface area contributed by atoms with Gasteiger partial charge in [-0.25, -0.2) is 0 Å². The van der Waals surface area contributed by atoms with Crippen LogP contribution in [-0.2, 0) is 0 Å². The SMILES string of the molecule is FC(F)(F)C(=Cc1ccccc1)Nc1ccccc1-c1ccccc1. The lowest BCUT2D eigenvalue weighted by Crippen LogP contribution is -2.19. The van der Waals surface area contributed by atoms with E-state index >= 15 is 0 Å². The summed E-state index contributed by atoms with van der Waals surface area (Å²) >= 11 is 0. The van der Waals surface area contributed by atoms with E-state index in [0.717, 1.165) is 11.6 Å². The largest absolute Gasteiger partial charge is 0.431 e. The molecule has 1 nitrogen and oxygen atoms in total. The van der Waals surface area contributed by atoms with Crippen LogP contribution in [0, 0.1) is 0 Å². The third-order valence-corrected chi connectivity index (χ3v) is 3.70. The van der Waals surface area contributed by atoms with Crippen LogP contribution in [0.5, 0.6) is 0 Å². The highest BCUT2D eigenvalue weighted by Crippen LogP contribution is 2.33. The van der Waals surface area contributed by atoms with E-state index in [2.05, 4.69) is 5.32 Å². The quantitative estimate of drug-likeness (QED) is 0.582. The number of halogens is 3. The standard InChI is InChI=1S/C21H16F3N/c22-21(23,24)20(15-16-9-3-1-4-10-16)25-19-14-8-7-13-18(19)17-11-5-2-6-12-17/h1-15,25H. The number of alkyl halides is 3. The third kappa shape index (κ3) is 4.29. The van der Waals surface area contributed by atoms with Crippen LogP contribution in [0.25, 0.3) is 17.2 Å².